The van der Waals surface area contributed by atoms with Crippen LogP contribution in [0.1, 0.15) is 33.6 Å². The van der Waals surface area contributed by atoms with Gasteiger partial charge in [0, 0.05) is 11.4 Å². The molecule has 0 aromatic rings. The molecule has 22 heavy (non-hydrogen) atoms. The fourth-order valence-electron chi connectivity index (χ4n) is 1.22. The van der Waals surface area contributed by atoms with Gasteiger partial charge in [-0.3, -0.25) is 0 Å². The highest BCUT2D eigenvalue weighted by molar-refractivity contribution is 5.86. The first-order chi connectivity index (χ1) is 10.1. The minimum Gasteiger partial charge on any atom is -0.406 e. The van der Waals surface area contributed by atoms with Gasteiger partial charge in [-0.05, 0) is 45.8 Å². The summed E-state index contributed by atoms with van der Waals surface area (Å²) in [4.78, 5) is 8.06. The first-order valence-corrected chi connectivity index (χ1v) is 6.61. The predicted molar refractivity (Wildman–Crippen MR) is 84.8 cm³/mol. The van der Waals surface area contributed by atoms with Crippen LogP contribution in [-0.4, -0.2) is 18.4 Å². The van der Waals surface area contributed by atoms with Crippen LogP contribution >= 0.6 is 0 Å². The Morgan fingerprint density at radius 1 is 1.14 bits per heavy atom. The first kappa shape index (κ1) is 19.9. The van der Waals surface area contributed by atoms with E-state index in [1.54, 1.807) is 13.0 Å². The molecular formula is C16H21F3N2O. The average molecular weight is 314 g/mol. The first-order valence-electron chi connectivity index (χ1n) is 6.61. The van der Waals surface area contributed by atoms with Crippen molar-refractivity contribution in [3.8, 4) is 0 Å². The van der Waals surface area contributed by atoms with Crippen molar-refractivity contribution >= 4 is 12.1 Å². The van der Waals surface area contributed by atoms with Gasteiger partial charge in [0.05, 0.1) is 0 Å². The van der Waals surface area contributed by atoms with Gasteiger partial charge in [0.1, 0.15) is 12.1 Å². The maximum atomic E-state index is 12.1. The standard InChI is InChI=1S/C16H21F3N2O/c1-6-15(22-16(17,18)19)10-8-13(4)7-9-14(5)21-11-20-12(2)3/h6,8,10-11H,1,5,7,9H2,2-4H3/b13-8+,15-10+,21-11-. The summed E-state index contributed by atoms with van der Waals surface area (Å²) in [6.45, 7) is 12.6. The van der Waals surface area contributed by atoms with Crippen molar-refractivity contribution in [2.24, 2.45) is 9.98 Å². The van der Waals surface area contributed by atoms with Crippen molar-refractivity contribution in [2.75, 3.05) is 0 Å². The molecule has 0 aliphatic carbocycles. The summed E-state index contributed by atoms with van der Waals surface area (Å²) in [5, 5.41) is 0. The third-order valence-corrected chi connectivity index (χ3v) is 2.33. The van der Waals surface area contributed by atoms with Crippen molar-refractivity contribution in [1.29, 1.82) is 0 Å². The number of allylic oxidation sites excluding steroid dienone is 5. The highest BCUT2D eigenvalue weighted by atomic mass is 19.4. The molecule has 0 bridgehead atoms. The minimum atomic E-state index is -4.72. The number of aliphatic imine (C=N–C) groups is 2. The zero-order valence-corrected chi connectivity index (χ0v) is 13.1. The summed E-state index contributed by atoms with van der Waals surface area (Å²) in [6.07, 6.45) is 1.71. The second-order valence-electron chi connectivity index (χ2n) is 4.72. The number of ether oxygens (including phenoxy) is 1. The Hall–Kier alpha value is -2.11. The Balaban J connectivity index is 4.50. The maximum Gasteiger partial charge on any atom is 0.573 e. The Labute approximate surface area is 129 Å². The van der Waals surface area contributed by atoms with Crippen LogP contribution in [0.15, 0.2) is 58.4 Å². The van der Waals surface area contributed by atoms with Gasteiger partial charge < -0.3 is 4.74 Å². The lowest BCUT2D eigenvalue weighted by Gasteiger charge is -2.08. The molecule has 0 aliphatic rings. The molecular weight excluding hydrogens is 293 g/mol. The zero-order valence-electron chi connectivity index (χ0n) is 13.1. The van der Waals surface area contributed by atoms with Crippen LogP contribution in [0.3, 0.4) is 0 Å². The molecule has 6 heteroatoms. The van der Waals surface area contributed by atoms with Crippen LogP contribution in [0, 0.1) is 0 Å². The number of hydrogen-bond donors (Lipinski definition) is 0. The van der Waals surface area contributed by atoms with Crippen LogP contribution in [0.5, 0.6) is 0 Å². The molecule has 0 N–H and O–H groups in total. The van der Waals surface area contributed by atoms with E-state index in [0.717, 1.165) is 17.4 Å². The smallest absolute Gasteiger partial charge is 0.406 e. The third-order valence-electron chi connectivity index (χ3n) is 2.33. The van der Waals surface area contributed by atoms with Crippen molar-refractivity contribution in [2.45, 2.75) is 40.0 Å². The van der Waals surface area contributed by atoms with Gasteiger partial charge in [-0.1, -0.05) is 24.8 Å². The lowest BCUT2D eigenvalue weighted by Crippen LogP contribution is -2.11. The van der Waals surface area contributed by atoms with Crippen LogP contribution < -0.4 is 0 Å². The monoisotopic (exact) mass is 314 g/mol. The zero-order chi connectivity index (χ0) is 17.2. The van der Waals surface area contributed by atoms with Gasteiger partial charge in [-0.25, -0.2) is 9.98 Å². The SMILES string of the molecule is C=C/C(=C\C=C(/C)CCC(=C)/N=C\N=C(C)C)OC(F)(F)F. The van der Waals surface area contributed by atoms with Crippen LogP contribution in [-0.2, 0) is 4.74 Å². The van der Waals surface area contributed by atoms with Gasteiger partial charge in [0.15, 0.2) is 0 Å². The fourth-order valence-corrected chi connectivity index (χ4v) is 1.22. The Bertz CT molecular complexity index is 508. The van der Waals surface area contributed by atoms with E-state index in [2.05, 4.69) is 27.9 Å². The molecule has 0 amide bonds. The second-order valence-corrected chi connectivity index (χ2v) is 4.72. The van der Waals surface area contributed by atoms with Crippen molar-refractivity contribution in [3.05, 3.63) is 48.4 Å². The van der Waals surface area contributed by atoms with Gasteiger partial charge in [-0.2, -0.15) is 0 Å². The Kier molecular flexibility index (Phi) is 8.82. The van der Waals surface area contributed by atoms with E-state index < -0.39 is 6.36 Å². The summed E-state index contributed by atoms with van der Waals surface area (Å²) in [5.74, 6) is -0.351. The Morgan fingerprint density at radius 3 is 2.27 bits per heavy atom. The van der Waals surface area contributed by atoms with E-state index in [-0.39, 0.29) is 5.76 Å². The van der Waals surface area contributed by atoms with E-state index in [1.165, 1.54) is 12.4 Å². The van der Waals surface area contributed by atoms with Gasteiger partial charge >= 0.3 is 6.36 Å². The van der Waals surface area contributed by atoms with E-state index >= 15 is 0 Å². The third kappa shape index (κ3) is 11.7. The molecule has 0 saturated carbocycles. The number of rotatable bonds is 8. The molecule has 0 aliphatic heterocycles. The number of alkyl halides is 3. The van der Waals surface area contributed by atoms with Gasteiger partial charge in [-0.15, -0.1) is 13.2 Å². The van der Waals surface area contributed by atoms with E-state index in [9.17, 15) is 13.2 Å². The summed E-state index contributed by atoms with van der Waals surface area (Å²) in [7, 11) is 0. The topological polar surface area (TPSA) is 34.0 Å². The summed E-state index contributed by atoms with van der Waals surface area (Å²) in [6, 6.07) is 0. The molecule has 3 nitrogen and oxygen atoms in total. The predicted octanol–water partition coefficient (Wildman–Crippen LogP) is 5.34. The molecule has 0 aromatic carbocycles. The lowest BCUT2D eigenvalue weighted by molar-refractivity contribution is -0.303. The molecule has 0 radical (unpaired) electrons. The van der Waals surface area contributed by atoms with Crippen LogP contribution in [0.2, 0.25) is 0 Å². The van der Waals surface area contributed by atoms with Crippen molar-refractivity contribution in [1.82, 2.24) is 0 Å². The van der Waals surface area contributed by atoms with Crippen LogP contribution in [0.4, 0.5) is 13.2 Å². The molecule has 0 saturated heterocycles. The molecule has 0 heterocycles. The molecule has 0 fully saturated rings. The minimum absolute atomic E-state index is 0.351. The highest BCUT2D eigenvalue weighted by Gasteiger charge is 2.31. The number of halogens is 3. The summed E-state index contributed by atoms with van der Waals surface area (Å²) < 4.78 is 40.0. The largest absolute Gasteiger partial charge is 0.573 e. The maximum absolute atomic E-state index is 12.1. The fraction of sp³-hybridized carbons (Fsp3) is 0.375. The van der Waals surface area contributed by atoms with E-state index in [1.807, 2.05) is 13.8 Å². The molecule has 0 aromatic heterocycles. The summed E-state index contributed by atoms with van der Waals surface area (Å²) in [5.41, 5.74) is 2.41. The molecule has 122 valence electrons. The average Bonchev–Trinajstić information content (AvgIpc) is 2.39. The van der Waals surface area contributed by atoms with Gasteiger partial charge in [0.2, 0.25) is 0 Å². The normalized spacial score (nSPS) is 13.2. The number of nitrogens with zero attached hydrogens (tertiary/aromatic N) is 2. The Morgan fingerprint density at radius 2 is 1.77 bits per heavy atom. The quantitative estimate of drug-likeness (QED) is 0.257. The highest BCUT2D eigenvalue weighted by Crippen LogP contribution is 2.21. The summed E-state index contributed by atoms with van der Waals surface area (Å²) >= 11 is 0. The molecule has 0 atom stereocenters. The van der Waals surface area contributed by atoms with Crippen molar-refractivity contribution < 1.29 is 17.9 Å². The van der Waals surface area contributed by atoms with E-state index in [0.29, 0.717) is 18.5 Å². The van der Waals surface area contributed by atoms with Crippen molar-refractivity contribution in [3.63, 3.8) is 0 Å². The number of hydrogen-bond acceptors (Lipinski definition) is 2. The molecule has 0 spiro atoms. The van der Waals surface area contributed by atoms with Crippen LogP contribution in [0.25, 0.3) is 0 Å². The van der Waals surface area contributed by atoms with Gasteiger partial charge in [0.25, 0.3) is 0 Å². The second kappa shape index (κ2) is 9.76. The molecule has 0 rings (SSSR count). The van der Waals surface area contributed by atoms with E-state index in [4.69, 9.17) is 0 Å². The molecule has 0 unspecified atom stereocenters. The lowest BCUT2D eigenvalue weighted by atomic mass is 10.1.